The topological polar surface area (TPSA) is 0 Å². The molecule has 0 aliphatic heterocycles. The molecule has 0 N–H and O–H groups in total. The van der Waals surface area contributed by atoms with E-state index in [1.165, 1.54) is 98.7 Å². The molecular weight excluding hydrogens is 661 g/mol. The monoisotopic (exact) mass is 706 g/mol. The molecule has 0 heterocycles. The Morgan fingerprint density at radius 3 is 2.04 bits per heavy atom. The Balaban J connectivity index is 1.18. The maximum atomic E-state index is 2.48. The predicted molar refractivity (Wildman–Crippen MR) is 237 cm³/mol. The summed E-state index contributed by atoms with van der Waals surface area (Å²) >= 11 is 0. The average Bonchev–Trinajstić information content (AvgIpc) is 3.36. The molecule has 0 amide bonds. The standard InChI is InChI=1S/C55H46/c1-4-37(38-16-7-5-8-17-38)31-44-21-15-25-48-47-23-13-14-24-49(47)55-51-32-40(26-27-43(51)30-35(2)53(55)54(44)48)41-28-29-45-36(3)50(39-18-9-6-10-19-39)34-42-20-11-12-22-46(42)52(45)33-41/h5-30,32-33,36-37,50H,4,31,34H2,1-3H3. The van der Waals surface area contributed by atoms with Crippen molar-refractivity contribution in [1.82, 2.24) is 0 Å². The van der Waals surface area contributed by atoms with Crippen LogP contribution in [0.4, 0.5) is 0 Å². The summed E-state index contributed by atoms with van der Waals surface area (Å²) in [6.07, 6.45) is 3.16. The van der Waals surface area contributed by atoms with Gasteiger partial charge in [-0.15, -0.1) is 0 Å². The van der Waals surface area contributed by atoms with Crippen molar-refractivity contribution < 1.29 is 0 Å². The summed E-state index contributed by atoms with van der Waals surface area (Å²) in [5.74, 6) is 1.29. The van der Waals surface area contributed by atoms with Crippen LogP contribution in [0.2, 0.25) is 0 Å². The molecule has 266 valence electrons. The van der Waals surface area contributed by atoms with Crippen molar-refractivity contribution in [3.05, 3.63) is 203 Å². The van der Waals surface area contributed by atoms with E-state index in [0.29, 0.717) is 17.8 Å². The van der Waals surface area contributed by atoms with Crippen LogP contribution in [0.15, 0.2) is 170 Å². The number of fused-ring (bicyclic) bond motifs is 11. The zero-order valence-corrected chi connectivity index (χ0v) is 32.0. The Labute approximate surface area is 325 Å². The Morgan fingerprint density at radius 1 is 0.545 bits per heavy atom. The Morgan fingerprint density at radius 2 is 1.22 bits per heavy atom. The Hall–Kier alpha value is -5.98. The molecule has 1 aliphatic carbocycles. The number of hydrogen-bond acceptors (Lipinski definition) is 0. The molecule has 0 radical (unpaired) electrons. The first-order valence-electron chi connectivity index (χ1n) is 20.2. The third-order valence-corrected chi connectivity index (χ3v) is 12.9. The predicted octanol–water partition coefficient (Wildman–Crippen LogP) is 15.1. The number of aryl methyl sites for hydroxylation is 1. The molecule has 1 aliphatic rings. The maximum absolute atomic E-state index is 2.48. The molecular formula is C55H46. The molecule has 0 saturated carbocycles. The first-order valence-corrected chi connectivity index (χ1v) is 20.2. The second-order valence-corrected chi connectivity index (χ2v) is 16.0. The van der Waals surface area contributed by atoms with Gasteiger partial charge in [0, 0.05) is 0 Å². The summed E-state index contributed by atoms with van der Waals surface area (Å²) in [4.78, 5) is 0. The van der Waals surface area contributed by atoms with Crippen LogP contribution in [0, 0.1) is 6.92 Å². The first-order chi connectivity index (χ1) is 27.1. The van der Waals surface area contributed by atoms with Gasteiger partial charge in [0.05, 0.1) is 0 Å². The summed E-state index contributed by atoms with van der Waals surface area (Å²) in [6, 6.07) is 64.3. The van der Waals surface area contributed by atoms with Gasteiger partial charge in [-0.2, -0.15) is 0 Å². The number of hydrogen-bond donors (Lipinski definition) is 0. The largest absolute Gasteiger partial charge is 0.0648 e. The SMILES string of the molecule is CCC(Cc1cccc2c3ccccc3c3c4cc(-c5ccc6c(c5)-c5ccccc5CC(c5ccccc5)C6C)ccc4cc(C)c3c12)c1ccccc1. The van der Waals surface area contributed by atoms with Gasteiger partial charge in [0.2, 0.25) is 0 Å². The van der Waals surface area contributed by atoms with Crippen LogP contribution in [-0.4, -0.2) is 0 Å². The number of rotatable bonds is 6. The Bertz CT molecular complexity index is 2880. The molecule has 55 heavy (non-hydrogen) atoms. The van der Waals surface area contributed by atoms with E-state index in [0.717, 1.165) is 19.3 Å². The van der Waals surface area contributed by atoms with Gasteiger partial charge in [0.25, 0.3) is 0 Å². The molecule has 0 saturated heterocycles. The summed E-state index contributed by atoms with van der Waals surface area (Å²) in [5, 5.41) is 10.8. The molecule has 0 spiro atoms. The van der Waals surface area contributed by atoms with Crippen molar-refractivity contribution in [3.63, 3.8) is 0 Å². The van der Waals surface area contributed by atoms with E-state index in [-0.39, 0.29) is 0 Å². The molecule has 0 aromatic heterocycles. The second kappa shape index (κ2) is 13.7. The lowest BCUT2D eigenvalue weighted by atomic mass is 9.80. The zero-order valence-electron chi connectivity index (χ0n) is 32.0. The van der Waals surface area contributed by atoms with Crippen LogP contribution in [0.25, 0.3) is 65.3 Å². The highest BCUT2D eigenvalue weighted by Crippen LogP contribution is 2.47. The summed E-state index contributed by atoms with van der Waals surface area (Å²) in [6.45, 7) is 7.09. The van der Waals surface area contributed by atoms with Crippen LogP contribution < -0.4 is 0 Å². The van der Waals surface area contributed by atoms with Gasteiger partial charge < -0.3 is 0 Å². The smallest absolute Gasteiger partial charge is 0.00174 e. The molecule has 0 fully saturated rings. The molecule has 0 nitrogen and oxygen atoms in total. The molecule has 0 heteroatoms. The average molecular weight is 707 g/mol. The van der Waals surface area contributed by atoms with Crippen molar-refractivity contribution in [2.75, 3.05) is 0 Å². The molecule has 0 bridgehead atoms. The highest BCUT2D eigenvalue weighted by molar-refractivity contribution is 6.33. The number of benzene rings is 9. The van der Waals surface area contributed by atoms with Crippen molar-refractivity contribution in [2.45, 2.75) is 57.8 Å². The van der Waals surface area contributed by atoms with Crippen LogP contribution in [0.3, 0.4) is 0 Å². The summed E-state index contributed by atoms with van der Waals surface area (Å²) < 4.78 is 0. The van der Waals surface area contributed by atoms with E-state index in [2.05, 4.69) is 191 Å². The fraction of sp³-hybridized carbons (Fsp3) is 0.164. The van der Waals surface area contributed by atoms with E-state index in [4.69, 9.17) is 0 Å². The fourth-order valence-corrected chi connectivity index (χ4v) is 10.1. The van der Waals surface area contributed by atoms with E-state index in [1.54, 1.807) is 0 Å². The molecule has 3 unspecified atom stereocenters. The molecule has 9 aromatic rings. The lowest BCUT2D eigenvalue weighted by molar-refractivity contribution is 0.579. The van der Waals surface area contributed by atoms with E-state index >= 15 is 0 Å². The molecule has 10 rings (SSSR count). The first kappa shape index (κ1) is 33.6. The minimum Gasteiger partial charge on any atom is -0.0648 e. The van der Waals surface area contributed by atoms with Crippen LogP contribution in [-0.2, 0) is 12.8 Å². The zero-order chi connectivity index (χ0) is 37.0. The fourth-order valence-electron chi connectivity index (χ4n) is 10.1. The highest BCUT2D eigenvalue weighted by atomic mass is 14.3. The van der Waals surface area contributed by atoms with Gasteiger partial charge in [-0.05, 0) is 155 Å². The van der Waals surface area contributed by atoms with Gasteiger partial charge in [-0.1, -0.05) is 172 Å². The highest BCUT2D eigenvalue weighted by Gasteiger charge is 2.29. The third kappa shape index (κ3) is 5.66. The van der Waals surface area contributed by atoms with Crippen LogP contribution >= 0.6 is 0 Å². The van der Waals surface area contributed by atoms with Crippen molar-refractivity contribution in [2.24, 2.45) is 0 Å². The van der Waals surface area contributed by atoms with Gasteiger partial charge in [0.1, 0.15) is 0 Å². The van der Waals surface area contributed by atoms with Crippen LogP contribution in [0.5, 0.6) is 0 Å². The third-order valence-electron chi connectivity index (χ3n) is 12.9. The minimum absolute atomic E-state index is 0.394. The lowest BCUT2D eigenvalue weighted by Gasteiger charge is -2.24. The van der Waals surface area contributed by atoms with Gasteiger partial charge in [-0.25, -0.2) is 0 Å². The minimum atomic E-state index is 0.394. The van der Waals surface area contributed by atoms with Crippen molar-refractivity contribution >= 4 is 43.1 Å². The summed E-state index contributed by atoms with van der Waals surface area (Å²) in [7, 11) is 0. The molecule has 9 aromatic carbocycles. The van der Waals surface area contributed by atoms with Gasteiger partial charge in [0.15, 0.2) is 0 Å². The quantitative estimate of drug-likeness (QED) is 0.151. The second-order valence-electron chi connectivity index (χ2n) is 16.0. The van der Waals surface area contributed by atoms with Crippen LogP contribution in [0.1, 0.15) is 71.4 Å². The van der Waals surface area contributed by atoms with Gasteiger partial charge in [-0.3, -0.25) is 0 Å². The lowest BCUT2D eigenvalue weighted by Crippen LogP contribution is -2.10. The summed E-state index contributed by atoms with van der Waals surface area (Å²) in [5.41, 5.74) is 13.8. The van der Waals surface area contributed by atoms with Crippen molar-refractivity contribution in [3.8, 4) is 22.3 Å². The normalized spacial score (nSPS) is 15.9. The molecule has 3 atom stereocenters. The van der Waals surface area contributed by atoms with Crippen molar-refractivity contribution in [1.29, 1.82) is 0 Å². The van der Waals surface area contributed by atoms with E-state index in [9.17, 15) is 0 Å². The maximum Gasteiger partial charge on any atom is -0.00174 e. The van der Waals surface area contributed by atoms with E-state index in [1.807, 2.05) is 0 Å². The van der Waals surface area contributed by atoms with Gasteiger partial charge >= 0.3 is 0 Å². The van der Waals surface area contributed by atoms with E-state index < -0.39 is 0 Å². The Kier molecular flexibility index (Phi) is 8.37.